The van der Waals surface area contributed by atoms with Crippen molar-refractivity contribution in [3.8, 4) is 22.9 Å². The van der Waals surface area contributed by atoms with Gasteiger partial charge in [0.05, 0.1) is 23.8 Å². The van der Waals surface area contributed by atoms with Crippen LogP contribution in [0.3, 0.4) is 0 Å². The minimum Gasteiger partial charge on any atom is -0.494 e. The minimum atomic E-state index is -3.73. The van der Waals surface area contributed by atoms with Crippen LogP contribution in [0.4, 0.5) is 5.69 Å². The Balaban J connectivity index is 1.73. The first kappa shape index (κ1) is 21.6. The third kappa shape index (κ3) is 5.70. The number of unbranched alkanes of at least 4 members (excludes halogenated alkanes) is 1. The lowest BCUT2D eigenvalue weighted by atomic mass is 10.1. The summed E-state index contributed by atoms with van der Waals surface area (Å²) in [6.07, 6.45) is 1.99. The lowest BCUT2D eigenvalue weighted by Crippen LogP contribution is -2.13. The van der Waals surface area contributed by atoms with Gasteiger partial charge in [-0.1, -0.05) is 25.5 Å². The molecule has 0 aliphatic rings. The fourth-order valence-electron chi connectivity index (χ4n) is 2.70. The molecule has 0 spiro atoms. The number of hydrogen-bond acceptors (Lipinski definition) is 6. The van der Waals surface area contributed by atoms with Crippen molar-refractivity contribution in [3.63, 3.8) is 0 Å². The summed E-state index contributed by atoms with van der Waals surface area (Å²) in [5.41, 5.74) is 1.80. The molecule has 7 nitrogen and oxygen atoms in total. The Bertz CT molecular complexity index is 1050. The van der Waals surface area contributed by atoms with Crippen molar-refractivity contribution in [3.05, 3.63) is 60.7 Å². The third-order valence-electron chi connectivity index (χ3n) is 4.24. The van der Waals surface area contributed by atoms with Gasteiger partial charge in [0.25, 0.3) is 10.0 Å². The van der Waals surface area contributed by atoms with E-state index in [-0.39, 0.29) is 4.90 Å². The van der Waals surface area contributed by atoms with Crippen molar-refractivity contribution in [1.82, 2.24) is 10.2 Å². The highest BCUT2D eigenvalue weighted by Gasteiger charge is 2.15. The van der Waals surface area contributed by atoms with Crippen LogP contribution >= 0.6 is 0 Å². The maximum absolute atomic E-state index is 12.7. The van der Waals surface area contributed by atoms with Gasteiger partial charge in [-0.2, -0.15) is 0 Å². The third-order valence-corrected chi connectivity index (χ3v) is 5.64. The second-order valence-electron chi connectivity index (χ2n) is 6.55. The maximum Gasteiger partial charge on any atom is 0.261 e. The summed E-state index contributed by atoms with van der Waals surface area (Å²) in [4.78, 5) is 0.164. The molecule has 0 unspecified atom stereocenters. The molecule has 158 valence electrons. The van der Waals surface area contributed by atoms with E-state index in [2.05, 4.69) is 21.8 Å². The highest BCUT2D eigenvalue weighted by atomic mass is 32.2. The molecule has 2 aromatic carbocycles. The topological polar surface area (TPSA) is 90.4 Å². The maximum atomic E-state index is 12.7. The van der Waals surface area contributed by atoms with Crippen LogP contribution in [-0.4, -0.2) is 31.8 Å². The van der Waals surface area contributed by atoms with Crippen LogP contribution in [0, 0.1) is 0 Å². The summed E-state index contributed by atoms with van der Waals surface area (Å²) in [5.74, 6) is 1.10. The van der Waals surface area contributed by atoms with Gasteiger partial charge in [0.1, 0.15) is 5.75 Å². The van der Waals surface area contributed by atoms with Crippen molar-refractivity contribution in [2.75, 3.05) is 17.9 Å². The summed E-state index contributed by atoms with van der Waals surface area (Å²) in [7, 11) is -3.73. The van der Waals surface area contributed by atoms with Gasteiger partial charge in [-0.05, 0) is 55.8 Å². The molecule has 0 radical (unpaired) electrons. The summed E-state index contributed by atoms with van der Waals surface area (Å²) in [6, 6.07) is 16.9. The number of anilines is 1. The molecule has 3 rings (SSSR count). The van der Waals surface area contributed by atoms with Gasteiger partial charge >= 0.3 is 0 Å². The molecular weight excluding hydrogens is 402 g/mol. The highest BCUT2D eigenvalue weighted by Crippen LogP contribution is 2.24. The van der Waals surface area contributed by atoms with Crippen molar-refractivity contribution >= 4 is 15.7 Å². The molecule has 1 aromatic heterocycles. The summed E-state index contributed by atoms with van der Waals surface area (Å²) in [6.45, 7) is 5.08. The number of rotatable bonds is 10. The van der Waals surface area contributed by atoms with E-state index in [0.717, 1.165) is 18.4 Å². The predicted molar refractivity (Wildman–Crippen MR) is 116 cm³/mol. The smallest absolute Gasteiger partial charge is 0.261 e. The van der Waals surface area contributed by atoms with Crippen LogP contribution in [0.5, 0.6) is 11.6 Å². The van der Waals surface area contributed by atoms with Crippen molar-refractivity contribution in [2.24, 2.45) is 0 Å². The molecule has 3 aromatic rings. The molecule has 0 atom stereocenters. The molecule has 8 heteroatoms. The van der Waals surface area contributed by atoms with Gasteiger partial charge in [0.15, 0.2) is 0 Å². The second-order valence-corrected chi connectivity index (χ2v) is 8.23. The van der Waals surface area contributed by atoms with Gasteiger partial charge in [-0.25, -0.2) is 8.42 Å². The standard InChI is InChI=1S/C22H25N3O4S/c1-3-5-15-29-19-9-11-20(12-10-19)30(26,27)25-18-8-6-7-17(16-18)21-13-14-22(24-23-21)28-4-2/h6-14,16,25H,3-5,15H2,1-2H3. The number of ether oxygens (including phenoxy) is 2. The molecule has 1 heterocycles. The number of nitrogens with zero attached hydrogens (tertiary/aromatic N) is 2. The van der Waals surface area contributed by atoms with E-state index >= 15 is 0 Å². The van der Waals surface area contributed by atoms with Crippen molar-refractivity contribution in [1.29, 1.82) is 0 Å². The number of aromatic nitrogens is 2. The Morgan fingerprint density at radius 2 is 1.73 bits per heavy atom. The molecule has 0 aliphatic heterocycles. The van der Waals surface area contributed by atoms with E-state index in [9.17, 15) is 8.42 Å². The van der Waals surface area contributed by atoms with E-state index in [1.54, 1.807) is 42.5 Å². The Morgan fingerprint density at radius 1 is 0.933 bits per heavy atom. The Morgan fingerprint density at radius 3 is 2.40 bits per heavy atom. The van der Waals surface area contributed by atoms with Crippen LogP contribution < -0.4 is 14.2 Å². The number of nitrogens with one attached hydrogen (secondary N) is 1. The quantitative estimate of drug-likeness (QED) is 0.478. The molecule has 0 saturated heterocycles. The molecule has 0 saturated carbocycles. The molecule has 1 N–H and O–H groups in total. The van der Waals surface area contributed by atoms with Crippen molar-refractivity contribution in [2.45, 2.75) is 31.6 Å². The average molecular weight is 428 g/mol. The van der Waals surface area contributed by atoms with E-state index in [4.69, 9.17) is 9.47 Å². The SMILES string of the molecule is CCCCOc1ccc(S(=O)(=O)Nc2cccc(-c3ccc(OCC)nn3)c2)cc1. The molecule has 0 aliphatic carbocycles. The molecule has 30 heavy (non-hydrogen) atoms. The number of sulfonamides is 1. The van der Waals surface area contributed by atoms with E-state index < -0.39 is 10.0 Å². The monoisotopic (exact) mass is 427 g/mol. The highest BCUT2D eigenvalue weighted by molar-refractivity contribution is 7.92. The molecule has 0 bridgehead atoms. The fourth-order valence-corrected chi connectivity index (χ4v) is 3.75. The van der Waals surface area contributed by atoms with Crippen molar-refractivity contribution < 1.29 is 17.9 Å². The first-order valence-electron chi connectivity index (χ1n) is 9.84. The summed E-state index contributed by atoms with van der Waals surface area (Å²) < 4.78 is 39.0. The zero-order valence-electron chi connectivity index (χ0n) is 17.0. The van der Waals surface area contributed by atoms with Gasteiger partial charge in [0, 0.05) is 17.3 Å². The average Bonchev–Trinajstić information content (AvgIpc) is 2.75. The van der Waals surface area contributed by atoms with Crippen LogP contribution in [0.2, 0.25) is 0 Å². The lowest BCUT2D eigenvalue weighted by Gasteiger charge is -2.11. The zero-order valence-corrected chi connectivity index (χ0v) is 17.9. The largest absolute Gasteiger partial charge is 0.494 e. The predicted octanol–water partition coefficient (Wildman–Crippen LogP) is 4.52. The van der Waals surface area contributed by atoms with Crippen LogP contribution in [-0.2, 0) is 10.0 Å². The second kappa shape index (κ2) is 10.1. The van der Waals surface area contributed by atoms with Gasteiger partial charge in [0.2, 0.25) is 5.88 Å². The van der Waals surface area contributed by atoms with E-state index in [1.165, 1.54) is 12.1 Å². The first-order chi connectivity index (χ1) is 14.5. The van der Waals surface area contributed by atoms with E-state index in [1.807, 2.05) is 13.0 Å². The molecule has 0 fully saturated rings. The normalized spacial score (nSPS) is 11.1. The Kier molecular flexibility index (Phi) is 7.24. The fraction of sp³-hybridized carbons (Fsp3) is 0.273. The van der Waals surface area contributed by atoms with Gasteiger partial charge < -0.3 is 9.47 Å². The summed E-state index contributed by atoms with van der Waals surface area (Å²) >= 11 is 0. The molecule has 0 amide bonds. The van der Waals surface area contributed by atoms with Crippen LogP contribution in [0.15, 0.2) is 65.6 Å². The van der Waals surface area contributed by atoms with Gasteiger partial charge in [-0.15, -0.1) is 10.2 Å². The number of hydrogen-bond donors (Lipinski definition) is 1. The zero-order chi connectivity index (χ0) is 21.4. The summed E-state index contributed by atoms with van der Waals surface area (Å²) in [5, 5.41) is 8.15. The van der Waals surface area contributed by atoms with Crippen LogP contribution in [0.25, 0.3) is 11.3 Å². The van der Waals surface area contributed by atoms with Crippen LogP contribution in [0.1, 0.15) is 26.7 Å². The lowest BCUT2D eigenvalue weighted by molar-refractivity contribution is 0.309. The Labute approximate surface area is 177 Å². The first-order valence-corrected chi connectivity index (χ1v) is 11.3. The van der Waals surface area contributed by atoms with Gasteiger partial charge in [-0.3, -0.25) is 4.72 Å². The minimum absolute atomic E-state index is 0.164. The van der Waals surface area contributed by atoms with E-state index in [0.29, 0.717) is 36.2 Å². The number of benzene rings is 2. The Hall–Kier alpha value is -3.13. The molecular formula is C22H25N3O4S.